The number of rotatable bonds is 8. The van der Waals surface area contributed by atoms with Crippen LogP contribution in [-0.4, -0.2) is 39.9 Å². The van der Waals surface area contributed by atoms with Gasteiger partial charge in [-0.3, -0.25) is 0 Å². The Hall–Kier alpha value is -1.29. The zero-order valence-electron chi connectivity index (χ0n) is 15.5. The Labute approximate surface area is 171 Å². The van der Waals surface area contributed by atoms with Gasteiger partial charge in [0.2, 0.25) is 5.13 Å². The molecule has 0 radical (unpaired) electrons. The number of thiophene rings is 1. The third-order valence-electron chi connectivity index (χ3n) is 4.59. The predicted octanol–water partition coefficient (Wildman–Crippen LogP) is 4.66. The first-order valence-electron chi connectivity index (χ1n) is 9.32. The van der Waals surface area contributed by atoms with Crippen molar-refractivity contribution in [2.24, 2.45) is 5.92 Å². The molecule has 0 aliphatic heterocycles. The van der Waals surface area contributed by atoms with Gasteiger partial charge in [0.25, 0.3) is 0 Å². The van der Waals surface area contributed by atoms with Crippen LogP contribution in [0.15, 0.2) is 15.7 Å². The smallest absolute Gasteiger partial charge is 0.206 e. The molecular weight excluding hydrogens is 398 g/mol. The first-order valence-corrected chi connectivity index (χ1v) is 11.8. The van der Waals surface area contributed by atoms with Crippen LogP contribution in [0.25, 0.3) is 10.2 Å². The van der Waals surface area contributed by atoms with E-state index in [1.807, 2.05) is 18.3 Å². The number of ether oxygens (including phenoxy) is 1. The summed E-state index contributed by atoms with van der Waals surface area (Å²) in [5.41, 5.74) is 1.45. The van der Waals surface area contributed by atoms with E-state index in [4.69, 9.17) is 4.74 Å². The normalized spacial score (nSPS) is 16.6. The van der Waals surface area contributed by atoms with Crippen LogP contribution in [0, 0.1) is 5.92 Å². The van der Waals surface area contributed by atoms with Gasteiger partial charge in [-0.2, -0.15) is 0 Å². The lowest BCUT2D eigenvalue weighted by Gasteiger charge is -2.17. The summed E-state index contributed by atoms with van der Waals surface area (Å²) in [4.78, 5) is 11.7. The molecule has 1 aliphatic carbocycles. The number of nitrogens with one attached hydrogen (secondary N) is 1. The Morgan fingerprint density at radius 2 is 2.22 bits per heavy atom. The van der Waals surface area contributed by atoms with Crippen molar-refractivity contribution >= 4 is 49.8 Å². The lowest BCUT2D eigenvalue weighted by atomic mass is 9.89. The van der Waals surface area contributed by atoms with Gasteiger partial charge in [0.15, 0.2) is 4.34 Å². The molecule has 9 heteroatoms. The van der Waals surface area contributed by atoms with Gasteiger partial charge in [-0.25, -0.2) is 9.97 Å². The van der Waals surface area contributed by atoms with Crippen LogP contribution in [0.1, 0.15) is 37.1 Å². The molecule has 0 saturated carbocycles. The van der Waals surface area contributed by atoms with E-state index in [1.165, 1.54) is 22.2 Å². The topological polar surface area (TPSA) is 72.8 Å². The van der Waals surface area contributed by atoms with Crippen LogP contribution in [0.5, 0.6) is 0 Å². The minimum atomic E-state index is 0.758. The SMILES string of the molecule is CCOCCCNc1nnc(Sc2ncnc3sc4c(c23)CC[C@@H](C)C4)s1. The highest BCUT2D eigenvalue weighted by molar-refractivity contribution is 8.01. The summed E-state index contributed by atoms with van der Waals surface area (Å²) in [6.45, 7) is 6.71. The van der Waals surface area contributed by atoms with Crippen molar-refractivity contribution in [3.63, 3.8) is 0 Å². The van der Waals surface area contributed by atoms with Crippen LogP contribution < -0.4 is 5.32 Å². The lowest BCUT2D eigenvalue weighted by molar-refractivity contribution is 0.147. The first-order chi connectivity index (χ1) is 13.2. The predicted molar refractivity (Wildman–Crippen MR) is 112 cm³/mol. The van der Waals surface area contributed by atoms with Crippen LogP contribution in [0.4, 0.5) is 5.13 Å². The number of anilines is 1. The van der Waals surface area contributed by atoms with Crippen LogP contribution in [-0.2, 0) is 17.6 Å². The fourth-order valence-electron chi connectivity index (χ4n) is 3.24. The van der Waals surface area contributed by atoms with Gasteiger partial charge in [0, 0.05) is 30.0 Å². The number of aryl methyl sites for hydroxylation is 1. The summed E-state index contributed by atoms with van der Waals surface area (Å²) >= 11 is 5.00. The molecule has 3 aromatic heterocycles. The highest BCUT2D eigenvalue weighted by atomic mass is 32.2. The van der Waals surface area contributed by atoms with Crippen molar-refractivity contribution < 1.29 is 4.74 Å². The molecule has 0 amide bonds. The fourth-order valence-corrected chi connectivity index (χ4v) is 6.47. The standard InChI is InChI=1S/C18H23N5OS3/c1-3-24-8-4-7-19-17-22-23-18(27-17)26-16-14-12-6-5-11(2)9-13(12)25-15(14)20-10-21-16/h10-11H,3-9H2,1-2H3,(H,19,22)/t11-/m1/s1. The second-order valence-electron chi connectivity index (χ2n) is 6.66. The molecule has 0 aromatic carbocycles. The first kappa shape index (κ1) is 19.0. The van der Waals surface area contributed by atoms with Crippen molar-refractivity contribution in [1.82, 2.24) is 20.2 Å². The van der Waals surface area contributed by atoms with E-state index in [0.29, 0.717) is 0 Å². The van der Waals surface area contributed by atoms with E-state index >= 15 is 0 Å². The Kier molecular flexibility index (Phi) is 6.21. The molecule has 0 saturated heterocycles. The number of hydrogen-bond donors (Lipinski definition) is 1. The molecule has 27 heavy (non-hydrogen) atoms. The highest BCUT2D eigenvalue weighted by Gasteiger charge is 2.23. The number of nitrogens with zero attached hydrogens (tertiary/aromatic N) is 4. The number of fused-ring (bicyclic) bond motifs is 3. The average molecular weight is 422 g/mol. The monoisotopic (exact) mass is 421 g/mol. The molecule has 1 aliphatic rings. The van der Waals surface area contributed by atoms with Crippen molar-refractivity contribution in [2.45, 2.75) is 48.9 Å². The minimum absolute atomic E-state index is 0.758. The van der Waals surface area contributed by atoms with Gasteiger partial charge in [0.1, 0.15) is 16.2 Å². The molecule has 6 nitrogen and oxygen atoms in total. The quantitative estimate of drug-likeness (QED) is 0.419. The van der Waals surface area contributed by atoms with Crippen molar-refractivity contribution in [3.05, 3.63) is 16.8 Å². The van der Waals surface area contributed by atoms with Gasteiger partial charge in [-0.05, 0) is 55.9 Å². The molecule has 0 unspecified atom stereocenters. The number of hydrogen-bond acceptors (Lipinski definition) is 9. The van der Waals surface area contributed by atoms with Gasteiger partial charge >= 0.3 is 0 Å². The Bertz CT molecular complexity index is 910. The minimum Gasteiger partial charge on any atom is -0.382 e. The van der Waals surface area contributed by atoms with E-state index in [1.54, 1.807) is 29.4 Å². The van der Waals surface area contributed by atoms with E-state index in [9.17, 15) is 0 Å². The van der Waals surface area contributed by atoms with Crippen molar-refractivity contribution in [1.29, 1.82) is 0 Å². The third kappa shape index (κ3) is 4.42. The third-order valence-corrected chi connectivity index (χ3v) is 7.69. The van der Waals surface area contributed by atoms with E-state index in [2.05, 4.69) is 32.4 Å². The van der Waals surface area contributed by atoms with Gasteiger partial charge < -0.3 is 10.1 Å². The van der Waals surface area contributed by atoms with Gasteiger partial charge in [-0.1, -0.05) is 18.3 Å². The maximum atomic E-state index is 5.35. The average Bonchev–Trinajstić information content (AvgIpc) is 3.25. The molecule has 3 heterocycles. The van der Waals surface area contributed by atoms with Crippen LogP contribution in [0.2, 0.25) is 0 Å². The van der Waals surface area contributed by atoms with Crippen LogP contribution in [0.3, 0.4) is 0 Å². The zero-order valence-corrected chi connectivity index (χ0v) is 18.0. The molecule has 0 fully saturated rings. The largest absolute Gasteiger partial charge is 0.382 e. The van der Waals surface area contributed by atoms with Crippen molar-refractivity contribution in [3.8, 4) is 0 Å². The summed E-state index contributed by atoms with van der Waals surface area (Å²) in [5.74, 6) is 0.758. The summed E-state index contributed by atoms with van der Waals surface area (Å²) < 4.78 is 6.26. The maximum absolute atomic E-state index is 5.35. The van der Waals surface area contributed by atoms with Crippen LogP contribution >= 0.6 is 34.4 Å². The molecule has 1 N–H and O–H groups in total. The molecule has 0 spiro atoms. The summed E-state index contributed by atoms with van der Waals surface area (Å²) in [6, 6.07) is 0. The molecule has 144 valence electrons. The van der Waals surface area contributed by atoms with E-state index < -0.39 is 0 Å². The molecule has 1 atom stereocenters. The fraction of sp³-hybridized carbons (Fsp3) is 0.556. The molecule has 4 rings (SSSR count). The zero-order chi connectivity index (χ0) is 18.6. The van der Waals surface area contributed by atoms with E-state index in [0.717, 1.165) is 64.3 Å². The second-order valence-corrected chi connectivity index (χ2v) is 9.96. The Morgan fingerprint density at radius 1 is 1.30 bits per heavy atom. The van der Waals surface area contributed by atoms with Crippen molar-refractivity contribution in [2.75, 3.05) is 25.1 Å². The molecule has 3 aromatic rings. The highest BCUT2D eigenvalue weighted by Crippen LogP contribution is 2.42. The van der Waals surface area contributed by atoms with E-state index in [-0.39, 0.29) is 0 Å². The Morgan fingerprint density at radius 3 is 3.11 bits per heavy atom. The summed E-state index contributed by atoms with van der Waals surface area (Å²) in [5, 5.41) is 15.0. The second kappa shape index (κ2) is 8.81. The summed E-state index contributed by atoms with van der Waals surface area (Å²) in [7, 11) is 0. The molecular formula is C18H23N5OS3. The summed E-state index contributed by atoms with van der Waals surface area (Å²) in [6.07, 6.45) is 6.16. The molecule has 0 bridgehead atoms. The van der Waals surface area contributed by atoms with Gasteiger partial charge in [0.05, 0.1) is 0 Å². The Balaban J connectivity index is 1.48. The van der Waals surface area contributed by atoms with Gasteiger partial charge in [-0.15, -0.1) is 21.5 Å². The number of aromatic nitrogens is 4. The lowest BCUT2D eigenvalue weighted by Crippen LogP contribution is -2.08. The maximum Gasteiger partial charge on any atom is 0.206 e.